The average Bonchev–Trinajstić information content (AvgIpc) is 2.66. The second-order valence-electron chi connectivity index (χ2n) is 9.28. The number of carbonyl (C=O) groups excluding carboxylic acids is 1. The molecule has 1 atom stereocenters. The number of hydrogen-bond acceptors (Lipinski definition) is 5. The van der Waals surface area contributed by atoms with Crippen molar-refractivity contribution >= 4 is 36.0 Å². The van der Waals surface area contributed by atoms with Gasteiger partial charge in [-0.3, -0.25) is 14.8 Å². The van der Waals surface area contributed by atoms with E-state index in [2.05, 4.69) is 30.7 Å². The second kappa shape index (κ2) is 11.0. The van der Waals surface area contributed by atoms with Crippen LogP contribution in [0.3, 0.4) is 0 Å². The number of nitrogens with zero attached hydrogens (tertiary/aromatic N) is 3. The smallest absolute Gasteiger partial charge is 0.407 e. The second-order valence-corrected chi connectivity index (χ2v) is 9.28. The molecule has 4 aliphatic rings. The third-order valence-corrected chi connectivity index (χ3v) is 5.91. The van der Waals surface area contributed by atoms with E-state index in [-0.39, 0.29) is 36.1 Å². The average molecular weight is 522 g/mol. The maximum Gasteiger partial charge on any atom is 0.407 e. The van der Waals surface area contributed by atoms with Gasteiger partial charge >= 0.3 is 6.09 Å². The third kappa shape index (κ3) is 7.75. The Balaban J connectivity index is 0.00000300. The molecule has 0 radical (unpaired) electrons. The van der Waals surface area contributed by atoms with Crippen LogP contribution in [0.15, 0.2) is 4.99 Å². The predicted molar refractivity (Wildman–Crippen MR) is 127 cm³/mol. The van der Waals surface area contributed by atoms with E-state index >= 15 is 0 Å². The molecular weight excluding hydrogens is 483 g/mol. The Hall–Kier alpha value is -0.810. The number of guanidine groups is 1. The van der Waals surface area contributed by atoms with Gasteiger partial charge in [0.05, 0.1) is 0 Å². The van der Waals surface area contributed by atoms with E-state index in [9.17, 15) is 4.79 Å². The normalized spacial score (nSPS) is 32.1. The molecule has 1 aliphatic carbocycles. The fourth-order valence-electron chi connectivity index (χ4n) is 4.38. The number of halogens is 1. The van der Waals surface area contributed by atoms with E-state index < -0.39 is 5.60 Å². The lowest BCUT2D eigenvalue weighted by Gasteiger charge is -2.47. The molecule has 3 saturated heterocycles. The molecule has 0 aromatic rings. The van der Waals surface area contributed by atoms with Gasteiger partial charge < -0.3 is 20.7 Å². The number of amides is 1. The zero-order chi connectivity index (χ0) is 20.1. The molecular formula is C20H39IN6O2. The largest absolute Gasteiger partial charge is 0.444 e. The summed E-state index contributed by atoms with van der Waals surface area (Å²) in [5.41, 5.74) is -0.452. The summed E-state index contributed by atoms with van der Waals surface area (Å²) in [6.45, 7) is 12.6. The Morgan fingerprint density at radius 2 is 1.62 bits per heavy atom. The highest BCUT2D eigenvalue weighted by atomic mass is 127. The standard InChI is InChI=1S/C20H38N6O2.HI/c1-20(2,3)28-19(27)24-16-7-5-15(6-8-16)23-18(21-4)22-13-17-14-25-9-11-26(17)12-10-25;/h15-17H,5-14H2,1-4H3,(H,24,27)(H2,21,22,23);1H. The van der Waals surface area contributed by atoms with Crippen LogP contribution in [0.5, 0.6) is 0 Å². The van der Waals surface area contributed by atoms with Crippen molar-refractivity contribution in [2.75, 3.05) is 46.3 Å². The maximum atomic E-state index is 11.9. The lowest BCUT2D eigenvalue weighted by Crippen LogP contribution is -2.64. The number of aliphatic imine (C=N–C) groups is 1. The molecule has 29 heavy (non-hydrogen) atoms. The lowest BCUT2D eigenvalue weighted by molar-refractivity contribution is 0.0154. The molecule has 4 fully saturated rings. The Morgan fingerprint density at radius 1 is 1.03 bits per heavy atom. The first kappa shape index (κ1) is 24.5. The van der Waals surface area contributed by atoms with Crippen LogP contribution in [-0.4, -0.2) is 91.9 Å². The molecule has 0 spiro atoms. The van der Waals surface area contributed by atoms with E-state index in [4.69, 9.17) is 4.74 Å². The Labute approximate surface area is 192 Å². The summed E-state index contributed by atoms with van der Waals surface area (Å²) < 4.78 is 5.36. The quantitative estimate of drug-likeness (QED) is 0.296. The molecule has 0 aromatic heterocycles. The van der Waals surface area contributed by atoms with Gasteiger partial charge in [0, 0.05) is 64.4 Å². The van der Waals surface area contributed by atoms with Gasteiger partial charge in [0.25, 0.3) is 0 Å². The SMILES string of the molecule is CN=C(NCC1CN2CCN1CC2)NC1CCC(NC(=O)OC(C)(C)C)CC1.I. The van der Waals surface area contributed by atoms with Crippen molar-refractivity contribution in [2.45, 2.75) is 70.2 Å². The van der Waals surface area contributed by atoms with Crippen molar-refractivity contribution in [1.82, 2.24) is 25.8 Å². The Kier molecular flexibility index (Phi) is 9.27. The van der Waals surface area contributed by atoms with Gasteiger partial charge in [-0.1, -0.05) is 0 Å². The molecule has 4 rings (SSSR count). The maximum absolute atomic E-state index is 11.9. The first-order valence-corrected chi connectivity index (χ1v) is 10.8. The van der Waals surface area contributed by atoms with Crippen LogP contribution in [-0.2, 0) is 4.74 Å². The number of rotatable bonds is 4. The third-order valence-electron chi connectivity index (χ3n) is 5.91. The van der Waals surface area contributed by atoms with E-state index in [0.717, 1.165) is 44.7 Å². The predicted octanol–water partition coefficient (Wildman–Crippen LogP) is 1.61. The molecule has 2 bridgehead atoms. The zero-order valence-corrected chi connectivity index (χ0v) is 20.7. The van der Waals surface area contributed by atoms with E-state index in [1.54, 1.807) is 0 Å². The zero-order valence-electron chi connectivity index (χ0n) is 18.4. The fourth-order valence-corrected chi connectivity index (χ4v) is 4.38. The first-order valence-electron chi connectivity index (χ1n) is 10.8. The monoisotopic (exact) mass is 522 g/mol. The van der Waals surface area contributed by atoms with Gasteiger partial charge in [0.1, 0.15) is 5.60 Å². The molecule has 9 heteroatoms. The minimum Gasteiger partial charge on any atom is -0.444 e. The minimum atomic E-state index is -0.452. The summed E-state index contributed by atoms with van der Waals surface area (Å²) in [5.74, 6) is 0.890. The van der Waals surface area contributed by atoms with Gasteiger partial charge in [0.15, 0.2) is 5.96 Å². The number of nitrogens with one attached hydrogen (secondary N) is 3. The van der Waals surface area contributed by atoms with Crippen LogP contribution in [0.1, 0.15) is 46.5 Å². The number of ether oxygens (including phenoxy) is 1. The highest BCUT2D eigenvalue weighted by Gasteiger charge is 2.32. The number of piperazine rings is 3. The summed E-state index contributed by atoms with van der Waals surface area (Å²) in [6.07, 6.45) is 3.64. The Morgan fingerprint density at radius 3 is 2.10 bits per heavy atom. The van der Waals surface area contributed by atoms with Crippen LogP contribution in [0.2, 0.25) is 0 Å². The number of alkyl carbamates (subject to hydrolysis) is 1. The summed E-state index contributed by atoms with van der Waals surface area (Å²) >= 11 is 0. The van der Waals surface area contributed by atoms with Crippen LogP contribution in [0.25, 0.3) is 0 Å². The Bertz CT molecular complexity index is 552. The van der Waals surface area contributed by atoms with Crippen molar-refractivity contribution in [2.24, 2.45) is 4.99 Å². The highest BCUT2D eigenvalue weighted by molar-refractivity contribution is 14.0. The van der Waals surface area contributed by atoms with Gasteiger partial charge in [-0.25, -0.2) is 4.79 Å². The van der Waals surface area contributed by atoms with Crippen molar-refractivity contribution in [1.29, 1.82) is 0 Å². The van der Waals surface area contributed by atoms with Crippen LogP contribution >= 0.6 is 24.0 Å². The summed E-state index contributed by atoms with van der Waals surface area (Å²) in [7, 11) is 1.84. The molecule has 8 nitrogen and oxygen atoms in total. The van der Waals surface area contributed by atoms with Crippen LogP contribution in [0, 0.1) is 0 Å². The van der Waals surface area contributed by atoms with Gasteiger partial charge in [0.2, 0.25) is 0 Å². The van der Waals surface area contributed by atoms with Crippen LogP contribution in [0.4, 0.5) is 4.79 Å². The minimum absolute atomic E-state index is 0. The molecule has 0 aromatic carbocycles. The molecule has 1 saturated carbocycles. The summed E-state index contributed by atoms with van der Waals surface area (Å²) in [5, 5.41) is 10.1. The van der Waals surface area contributed by atoms with E-state index in [0.29, 0.717) is 12.1 Å². The molecule has 1 unspecified atom stereocenters. The molecule has 3 N–H and O–H groups in total. The van der Waals surface area contributed by atoms with Gasteiger partial charge in [-0.15, -0.1) is 24.0 Å². The summed E-state index contributed by atoms with van der Waals surface area (Å²) in [6, 6.07) is 1.17. The lowest BCUT2D eigenvalue weighted by atomic mass is 9.91. The summed E-state index contributed by atoms with van der Waals surface area (Å²) in [4.78, 5) is 21.5. The molecule has 3 aliphatic heterocycles. The topological polar surface area (TPSA) is 81.2 Å². The van der Waals surface area contributed by atoms with Crippen molar-refractivity contribution in [3.63, 3.8) is 0 Å². The number of carbonyl (C=O) groups is 1. The number of fused-ring (bicyclic) bond motifs is 3. The van der Waals surface area contributed by atoms with Crippen LogP contribution < -0.4 is 16.0 Å². The molecule has 168 valence electrons. The van der Waals surface area contributed by atoms with Crippen molar-refractivity contribution in [3.8, 4) is 0 Å². The highest BCUT2D eigenvalue weighted by Crippen LogP contribution is 2.19. The van der Waals surface area contributed by atoms with E-state index in [1.165, 1.54) is 26.2 Å². The van der Waals surface area contributed by atoms with E-state index in [1.807, 2.05) is 27.8 Å². The van der Waals surface area contributed by atoms with Gasteiger partial charge in [-0.05, 0) is 46.5 Å². The first-order chi connectivity index (χ1) is 13.3. The number of hydrogen-bond donors (Lipinski definition) is 3. The molecule has 3 heterocycles. The van der Waals surface area contributed by atoms with Crippen molar-refractivity contribution in [3.05, 3.63) is 0 Å². The molecule has 1 amide bonds. The van der Waals surface area contributed by atoms with Gasteiger partial charge in [-0.2, -0.15) is 0 Å². The van der Waals surface area contributed by atoms with Crippen molar-refractivity contribution < 1.29 is 9.53 Å². The fraction of sp³-hybridized carbons (Fsp3) is 0.900.